The van der Waals surface area contributed by atoms with Crippen LogP contribution >= 0.6 is 22.9 Å². The maximum atomic E-state index is 11.1. The molecule has 0 aliphatic carbocycles. The number of nitrogens with one attached hydrogen (secondary N) is 2. The van der Waals surface area contributed by atoms with Crippen LogP contribution in [0, 0.1) is 6.92 Å². The first-order valence-corrected chi connectivity index (χ1v) is 7.48. The molecule has 2 N–H and O–H groups in total. The molecule has 0 saturated heterocycles. The van der Waals surface area contributed by atoms with E-state index in [4.69, 9.17) is 11.6 Å². The van der Waals surface area contributed by atoms with Gasteiger partial charge in [0.15, 0.2) is 0 Å². The molecule has 20 heavy (non-hydrogen) atoms. The summed E-state index contributed by atoms with van der Waals surface area (Å²) in [4.78, 5) is 22.6. The fourth-order valence-corrected chi connectivity index (χ4v) is 2.33. The first-order chi connectivity index (χ1) is 9.27. The molecule has 2 heterocycles. The van der Waals surface area contributed by atoms with Crippen LogP contribution in [-0.4, -0.2) is 15.0 Å². The van der Waals surface area contributed by atoms with Crippen molar-refractivity contribution >= 4 is 28.8 Å². The zero-order valence-corrected chi connectivity index (χ0v) is 13.4. The SMILES string of the molecule is Cc1c(Cl)nc(C(C)(C)C)nc1NCc1csc(=O)[nH]1. The van der Waals surface area contributed by atoms with E-state index < -0.39 is 0 Å². The summed E-state index contributed by atoms with van der Waals surface area (Å²) >= 11 is 7.31. The second kappa shape index (κ2) is 5.54. The fraction of sp³-hybridized carbons (Fsp3) is 0.462. The number of hydrogen-bond donors (Lipinski definition) is 2. The third kappa shape index (κ3) is 3.37. The van der Waals surface area contributed by atoms with Crippen LogP contribution in [0.5, 0.6) is 0 Å². The monoisotopic (exact) mass is 312 g/mol. The largest absolute Gasteiger partial charge is 0.364 e. The van der Waals surface area contributed by atoms with Crippen LogP contribution in [-0.2, 0) is 12.0 Å². The lowest BCUT2D eigenvalue weighted by Gasteiger charge is -2.19. The lowest BCUT2D eigenvalue weighted by molar-refractivity contribution is 0.545. The predicted molar refractivity (Wildman–Crippen MR) is 82.7 cm³/mol. The molecule has 2 aromatic heterocycles. The van der Waals surface area contributed by atoms with Crippen molar-refractivity contribution in [2.75, 3.05) is 5.32 Å². The van der Waals surface area contributed by atoms with E-state index in [1.165, 1.54) is 0 Å². The number of nitrogens with zero attached hydrogens (tertiary/aromatic N) is 2. The first-order valence-electron chi connectivity index (χ1n) is 6.22. The van der Waals surface area contributed by atoms with Gasteiger partial charge in [0.05, 0.1) is 6.54 Å². The lowest BCUT2D eigenvalue weighted by atomic mass is 9.95. The van der Waals surface area contributed by atoms with Crippen LogP contribution in [0.2, 0.25) is 5.15 Å². The molecule has 0 bridgehead atoms. The molecule has 0 fully saturated rings. The van der Waals surface area contributed by atoms with Crippen molar-refractivity contribution in [2.45, 2.75) is 39.7 Å². The van der Waals surface area contributed by atoms with E-state index in [0.717, 1.165) is 22.6 Å². The summed E-state index contributed by atoms with van der Waals surface area (Å²) in [5, 5.41) is 5.44. The van der Waals surface area contributed by atoms with Gasteiger partial charge in [-0.3, -0.25) is 4.79 Å². The van der Waals surface area contributed by atoms with Gasteiger partial charge in [-0.15, -0.1) is 0 Å². The predicted octanol–water partition coefficient (Wildman–Crippen LogP) is 3.10. The van der Waals surface area contributed by atoms with E-state index in [2.05, 4.69) is 20.3 Å². The standard InChI is InChI=1S/C13H17ClN4OS/c1-7-9(14)17-11(13(2,3)4)18-10(7)15-5-8-6-20-12(19)16-8/h6H,5H2,1-4H3,(H,16,19)(H,15,17,18). The molecule has 0 saturated carbocycles. The second-order valence-corrected chi connectivity index (χ2v) is 6.79. The maximum Gasteiger partial charge on any atom is 0.304 e. The highest BCUT2D eigenvalue weighted by Crippen LogP contribution is 2.26. The number of thiazole rings is 1. The molecule has 0 atom stereocenters. The Morgan fingerprint density at radius 1 is 1.40 bits per heavy atom. The zero-order valence-electron chi connectivity index (χ0n) is 11.9. The Morgan fingerprint density at radius 2 is 2.10 bits per heavy atom. The lowest BCUT2D eigenvalue weighted by Crippen LogP contribution is -2.18. The molecule has 2 aromatic rings. The number of H-pyrrole nitrogens is 1. The van der Waals surface area contributed by atoms with Crippen molar-refractivity contribution in [3.8, 4) is 0 Å². The molecule has 0 spiro atoms. The number of halogens is 1. The molecule has 0 unspecified atom stereocenters. The molecular formula is C13H17ClN4OS. The minimum Gasteiger partial charge on any atom is -0.364 e. The van der Waals surface area contributed by atoms with Gasteiger partial charge in [-0.05, 0) is 6.92 Å². The van der Waals surface area contributed by atoms with Gasteiger partial charge >= 0.3 is 4.87 Å². The van der Waals surface area contributed by atoms with E-state index in [9.17, 15) is 4.79 Å². The van der Waals surface area contributed by atoms with Crippen molar-refractivity contribution in [3.63, 3.8) is 0 Å². The van der Waals surface area contributed by atoms with Gasteiger partial charge in [0.2, 0.25) is 0 Å². The Bertz CT molecular complexity index is 672. The Morgan fingerprint density at radius 3 is 2.65 bits per heavy atom. The van der Waals surface area contributed by atoms with Crippen molar-refractivity contribution < 1.29 is 0 Å². The van der Waals surface area contributed by atoms with Crippen LogP contribution < -0.4 is 10.2 Å². The summed E-state index contributed by atoms with van der Waals surface area (Å²) in [6, 6.07) is 0. The second-order valence-electron chi connectivity index (χ2n) is 5.59. The average Bonchev–Trinajstić information content (AvgIpc) is 2.75. The Labute approximate surface area is 126 Å². The summed E-state index contributed by atoms with van der Waals surface area (Å²) in [7, 11) is 0. The highest BCUT2D eigenvalue weighted by Gasteiger charge is 2.20. The third-order valence-corrected chi connectivity index (χ3v) is 3.86. The van der Waals surface area contributed by atoms with E-state index in [1.807, 2.05) is 27.7 Å². The summed E-state index contributed by atoms with van der Waals surface area (Å²) in [6.45, 7) is 8.47. The summed E-state index contributed by atoms with van der Waals surface area (Å²) in [5.74, 6) is 1.39. The molecule has 0 aromatic carbocycles. The average molecular weight is 313 g/mol. The van der Waals surface area contributed by atoms with Crippen LogP contribution in [0.25, 0.3) is 0 Å². The Kier molecular flexibility index (Phi) is 4.15. The van der Waals surface area contributed by atoms with Gasteiger partial charge in [-0.25, -0.2) is 9.97 Å². The fourth-order valence-electron chi connectivity index (χ4n) is 1.58. The van der Waals surface area contributed by atoms with Crippen molar-refractivity contribution in [1.29, 1.82) is 0 Å². The van der Waals surface area contributed by atoms with Crippen molar-refractivity contribution in [3.05, 3.63) is 37.3 Å². The minimum absolute atomic E-state index is 0.0605. The number of aromatic amines is 1. The first kappa shape index (κ1) is 15.0. The molecule has 0 amide bonds. The molecule has 108 valence electrons. The Balaban J connectivity index is 2.26. The van der Waals surface area contributed by atoms with Crippen molar-refractivity contribution in [1.82, 2.24) is 15.0 Å². The van der Waals surface area contributed by atoms with Gasteiger partial charge in [0.1, 0.15) is 16.8 Å². The van der Waals surface area contributed by atoms with E-state index >= 15 is 0 Å². The van der Waals surface area contributed by atoms with E-state index in [-0.39, 0.29) is 10.3 Å². The summed E-state index contributed by atoms with van der Waals surface area (Å²) in [5.41, 5.74) is 1.45. The highest BCUT2D eigenvalue weighted by molar-refractivity contribution is 7.07. The number of rotatable bonds is 3. The molecular weight excluding hydrogens is 296 g/mol. The van der Waals surface area contributed by atoms with E-state index in [1.54, 1.807) is 5.38 Å². The molecule has 0 radical (unpaired) electrons. The van der Waals surface area contributed by atoms with Crippen LogP contribution in [0.3, 0.4) is 0 Å². The maximum absolute atomic E-state index is 11.1. The van der Waals surface area contributed by atoms with Gasteiger partial charge in [-0.2, -0.15) is 0 Å². The smallest absolute Gasteiger partial charge is 0.304 e. The highest BCUT2D eigenvalue weighted by atomic mass is 35.5. The van der Waals surface area contributed by atoms with Crippen LogP contribution in [0.1, 0.15) is 37.9 Å². The minimum atomic E-state index is -0.176. The quantitative estimate of drug-likeness (QED) is 0.854. The number of aromatic nitrogens is 3. The summed E-state index contributed by atoms with van der Waals surface area (Å²) in [6.07, 6.45) is 0. The van der Waals surface area contributed by atoms with Crippen molar-refractivity contribution in [2.24, 2.45) is 0 Å². The molecule has 5 nitrogen and oxygen atoms in total. The molecule has 2 rings (SSSR count). The zero-order chi connectivity index (χ0) is 14.9. The van der Waals surface area contributed by atoms with Gasteiger partial charge in [-0.1, -0.05) is 43.7 Å². The topological polar surface area (TPSA) is 70.7 Å². The third-order valence-electron chi connectivity index (χ3n) is 2.77. The molecule has 0 aliphatic rings. The molecule has 0 aliphatic heterocycles. The van der Waals surface area contributed by atoms with Crippen LogP contribution in [0.4, 0.5) is 5.82 Å². The van der Waals surface area contributed by atoms with E-state index in [0.29, 0.717) is 23.3 Å². The van der Waals surface area contributed by atoms with Gasteiger partial charge in [0, 0.05) is 22.1 Å². The number of anilines is 1. The van der Waals surface area contributed by atoms with Gasteiger partial charge < -0.3 is 10.3 Å². The summed E-state index contributed by atoms with van der Waals surface area (Å²) < 4.78 is 0. The van der Waals surface area contributed by atoms with Gasteiger partial charge in [0.25, 0.3) is 0 Å². The normalized spacial score (nSPS) is 11.7. The number of hydrogen-bond acceptors (Lipinski definition) is 5. The molecule has 7 heteroatoms. The Hall–Kier alpha value is -1.40. The van der Waals surface area contributed by atoms with Crippen LogP contribution in [0.15, 0.2) is 10.2 Å².